The molecular weight excluding hydrogens is 326 g/mol. The number of amides is 1. The summed E-state index contributed by atoms with van der Waals surface area (Å²) < 4.78 is 5.43. The van der Waals surface area contributed by atoms with E-state index in [9.17, 15) is 4.79 Å². The van der Waals surface area contributed by atoms with Gasteiger partial charge in [0.05, 0.1) is 13.2 Å². The largest absolute Gasteiger partial charge is 0.379 e. The maximum absolute atomic E-state index is 12.8. The second kappa shape index (κ2) is 6.75. The van der Waals surface area contributed by atoms with Gasteiger partial charge in [-0.25, -0.2) is 0 Å². The van der Waals surface area contributed by atoms with Crippen molar-refractivity contribution in [3.63, 3.8) is 0 Å². The summed E-state index contributed by atoms with van der Waals surface area (Å²) in [6, 6.07) is 8.12. The van der Waals surface area contributed by atoms with Gasteiger partial charge in [0, 0.05) is 48.1 Å². The van der Waals surface area contributed by atoms with Gasteiger partial charge in [0.1, 0.15) is 5.69 Å². The van der Waals surface area contributed by atoms with E-state index in [2.05, 4.69) is 9.88 Å². The van der Waals surface area contributed by atoms with Crippen molar-refractivity contribution < 1.29 is 9.53 Å². The lowest BCUT2D eigenvalue weighted by atomic mass is 10.0. The Hall–Kier alpha value is -1.56. The average Bonchev–Trinajstić information content (AvgIpc) is 3.05. The topological polar surface area (TPSA) is 48.6 Å². The van der Waals surface area contributed by atoms with Crippen LogP contribution in [0.1, 0.15) is 23.3 Å². The van der Waals surface area contributed by atoms with Gasteiger partial charge in [-0.1, -0.05) is 11.6 Å². The number of ether oxygens (including phenoxy) is 1. The highest BCUT2D eigenvalue weighted by molar-refractivity contribution is 6.31. The van der Waals surface area contributed by atoms with Crippen molar-refractivity contribution in [3.8, 4) is 0 Å². The minimum Gasteiger partial charge on any atom is -0.379 e. The maximum atomic E-state index is 12.8. The molecule has 1 amide bonds. The number of aromatic nitrogens is 1. The highest BCUT2D eigenvalue weighted by atomic mass is 35.5. The molecule has 2 saturated heterocycles. The fourth-order valence-corrected chi connectivity index (χ4v) is 3.95. The third kappa shape index (κ3) is 3.16. The molecule has 1 aromatic carbocycles. The minimum absolute atomic E-state index is 0.0859. The van der Waals surface area contributed by atoms with E-state index < -0.39 is 0 Å². The van der Waals surface area contributed by atoms with Crippen LogP contribution < -0.4 is 0 Å². The molecule has 0 radical (unpaired) electrons. The molecule has 2 aromatic rings. The van der Waals surface area contributed by atoms with E-state index >= 15 is 0 Å². The number of carbonyl (C=O) groups excluding carboxylic acids is 1. The number of benzene rings is 1. The Morgan fingerprint density at radius 3 is 2.62 bits per heavy atom. The zero-order valence-electron chi connectivity index (χ0n) is 13.6. The quantitative estimate of drug-likeness (QED) is 0.908. The summed E-state index contributed by atoms with van der Waals surface area (Å²) in [4.78, 5) is 20.5. The van der Waals surface area contributed by atoms with E-state index in [0.717, 1.165) is 63.1 Å². The molecule has 2 aliphatic heterocycles. The normalized spacial score (nSPS) is 20.6. The maximum Gasteiger partial charge on any atom is 0.270 e. The van der Waals surface area contributed by atoms with Gasteiger partial charge in [-0.3, -0.25) is 9.69 Å². The molecule has 0 spiro atoms. The van der Waals surface area contributed by atoms with Gasteiger partial charge in [-0.05, 0) is 37.1 Å². The Bertz CT molecular complexity index is 731. The van der Waals surface area contributed by atoms with Crippen molar-refractivity contribution in [2.45, 2.75) is 18.9 Å². The summed E-state index contributed by atoms with van der Waals surface area (Å²) in [5.41, 5.74) is 1.60. The van der Waals surface area contributed by atoms with E-state index in [-0.39, 0.29) is 5.91 Å². The number of piperidine rings is 1. The number of fused-ring (bicyclic) bond motifs is 1. The lowest BCUT2D eigenvalue weighted by Gasteiger charge is -2.40. The summed E-state index contributed by atoms with van der Waals surface area (Å²) in [7, 11) is 0. The fourth-order valence-electron chi connectivity index (χ4n) is 3.77. The van der Waals surface area contributed by atoms with Crippen LogP contribution in [0.15, 0.2) is 24.3 Å². The number of aromatic amines is 1. The molecule has 2 aliphatic rings. The summed E-state index contributed by atoms with van der Waals surface area (Å²) >= 11 is 6.02. The molecule has 4 rings (SSSR count). The van der Waals surface area contributed by atoms with Crippen molar-refractivity contribution in [2.75, 3.05) is 39.4 Å². The predicted molar refractivity (Wildman–Crippen MR) is 94.6 cm³/mol. The molecule has 5 nitrogen and oxygen atoms in total. The highest BCUT2D eigenvalue weighted by Crippen LogP contribution is 2.23. The van der Waals surface area contributed by atoms with Crippen LogP contribution in [0.4, 0.5) is 0 Å². The summed E-state index contributed by atoms with van der Waals surface area (Å²) in [6.07, 6.45) is 2.08. The molecule has 0 bridgehead atoms. The van der Waals surface area contributed by atoms with E-state index in [1.165, 1.54) is 0 Å². The second-order valence-corrected chi connectivity index (χ2v) is 7.02. The molecule has 0 unspecified atom stereocenters. The Morgan fingerprint density at radius 2 is 1.88 bits per heavy atom. The smallest absolute Gasteiger partial charge is 0.270 e. The van der Waals surface area contributed by atoms with Crippen molar-refractivity contribution in [3.05, 3.63) is 35.0 Å². The number of hydrogen-bond acceptors (Lipinski definition) is 3. The van der Waals surface area contributed by atoms with Gasteiger partial charge in [-0.2, -0.15) is 0 Å². The number of nitrogens with zero attached hydrogens (tertiary/aromatic N) is 2. The zero-order chi connectivity index (χ0) is 16.5. The number of halogens is 1. The zero-order valence-corrected chi connectivity index (χ0v) is 14.4. The Balaban J connectivity index is 1.41. The van der Waals surface area contributed by atoms with Crippen LogP contribution in [0.25, 0.3) is 10.9 Å². The molecule has 3 heterocycles. The van der Waals surface area contributed by atoms with Crippen molar-refractivity contribution in [2.24, 2.45) is 0 Å². The Morgan fingerprint density at radius 1 is 1.12 bits per heavy atom. The van der Waals surface area contributed by atoms with Crippen LogP contribution in [-0.2, 0) is 4.74 Å². The number of H-pyrrole nitrogens is 1. The SMILES string of the molecule is O=C(c1cc2cc(Cl)ccc2[nH]1)N1CCC(N2CCOCC2)CC1. The molecule has 6 heteroatoms. The number of rotatable bonds is 2. The lowest BCUT2D eigenvalue weighted by Crippen LogP contribution is -2.50. The molecule has 0 atom stereocenters. The summed E-state index contributed by atoms with van der Waals surface area (Å²) in [5.74, 6) is 0.0859. The Labute approximate surface area is 146 Å². The molecular formula is C18H22ClN3O2. The lowest BCUT2D eigenvalue weighted by molar-refractivity contribution is 0.00154. The first-order valence-corrected chi connectivity index (χ1v) is 8.98. The molecule has 0 saturated carbocycles. The summed E-state index contributed by atoms with van der Waals surface area (Å²) in [5, 5.41) is 1.67. The standard InChI is InChI=1S/C18H22ClN3O2/c19-14-1-2-16-13(11-14)12-17(20-16)18(23)22-5-3-15(4-6-22)21-7-9-24-10-8-21/h1-2,11-12,15,20H,3-10H2. The monoisotopic (exact) mass is 347 g/mol. The van der Waals surface area contributed by atoms with Crippen LogP contribution in [0.2, 0.25) is 5.02 Å². The highest BCUT2D eigenvalue weighted by Gasteiger charge is 2.28. The number of nitrogens with one attached hydrogen (secondary N) is 1. The summed E-state index contributed by atoms with van der Waals surface area (Å²) in [6.45, 7) is 5.32. The van der Waals surface area contributed by atoms with Gasteiger partial charge in [0.25, 0.3) is 5.91 Å². The van der Waals surface area contributed by atoms with Gasteiger partial charge < -0.3 is 14.6 Å². The third-order valence-corrected chi connectivity index (χ3v) is 5.36. The van der Waals surface area contributed by atoms with Crippen LogP contribution in [-0.4, -0.2) is 66.1 Å². The van der Waals surface area contributed by atoms with Gasteiger partial charge >= 0.3 is 0 Å². The molecule has 24 heavy (non-hydrogen) atoms. The molecule has 0 aliphatic carbocycles. The first kappa shape index (κ1) is 15.9. The molecule has 128 valence electrons. The first-order valence-electron chi connectivity index (χ1n) is 8.60. The van der Waals surface area contributed by atoms with Crippen molar-refractivity contribution in [1.82, 2.24) is 14.8 Å². The minimum atomic E-state index is 0.0859. The van der Waals surface area contributed by atoms with Crippen LogP contribution >= 0.6 is 11.6 Å². The number of likely N-dealkylation sites (tertiary alicyclic amines) is 1. The van der Waals surface area contributed by atoms with Crippen LogP contribution in [0.3, 0.4) is 0 Å². The van der Waals surface area contributed by atoms with Gasteiger partial charge in [0.15, 0.2) is 0 Å². The first-order chi connectivity index (χ1) is 11.7. The fraction of sp³-hybridized carbons (Fsp3) is 0.500. The molecule has 1 N–H and O–H groups in total. The van der Waals surface area contributed by atoms with Crippen molar-refractivity contribution >= 4 is 28.4 Å². The van der Waals surface area contributed by atoms with Crippen molar-refractivity contribution in [1.29, 1.82) is 0 Å². The Kier molecular flexibility index (Phi) is 4.48. The molecule has 2 fully saturated rings. The predicted octanol–water partition coefficient (Wildman–Crippen LogP) is 2.76. The van der Waals surface area contributed by atoms with E-state index in [1.807, 2.05) is 29.2 Å². The second-order valence-electron chi connectivity index (χ2n) is 6.59. The van der Waals surface area contributed by atoms with E-state index in [0.29, 0.717) is 16.8 Å². The van der Waals surface area contributed by atoms with E-state index in [1.54, 1.807) is 0 Å². The number of carbonyl (C=O) groups is 1. The van der Waals surface area contributed by atoms with Gasteiger partial charge in [0.2, 0.25) is 0 Å². The number of morpholine rings is 1. The van der Waals surface area contributed by atoms with Crippen LogP contribution in [0, 0.1) is 0 Å². The van der Waals surface area contributed by atoms with E-state index in [4.69, 9.17) is 16.3 Å². The molecule has 1 aromatic heterocycles. The van der Waals surface area contributed by atoms with Crippen LogP contribution in [0.5, 0.6) is 0 Å². The van der Waals surface area contributed by atoms with Gasteiger partial charge in [-0.15, -0.1) is 0 Å². The average molecular weight is 348 g/mol. The third-order valence-electron chi connectivity index (χ3n) is 5.13. The number of hydrogen-bond donors (Lipinski definition) is 1.